The number of aromatic amines is 4. The SMILES string of the molecule is CN(C)CCSc1ccc2[nH]c(-c3c(O)[nH]c4ccccc34)nc2n1.Oc1[nH]c2ccccc2c1-c1nc2nc(SCCN3CCOCC3)ccc2[nH]1. The third-order valence-electron chi connectivity index (χ3n) is 9.04. The number of aromatic hydroxyl groups is 2. The van der Waals surface area contributed by atoms with E-state index in [1.165, 1.54) is 0 Å². The summed E-state index contributed by atoms with van der Waals surface area (Å²) in [5, 5.41) is 24.4. The van der Waals surface area contributed by atoms with E-state index in [1.54, 1.807) is 23.5 Å². The summed E-state index contributed by atoms with van der Waals surface area (Å²) in [5.74, 6) is 3.42. The molecule has 1 fully saturated rings. The number of H-pyrrole nitrogens is 4. The Hall–Kier alpha value is -5.06. The van der Waals surface area contributed by atoms with Crippen molar-refractivity contribution in [1.82, 2.24) is 49.7 Å². The van der Waals surface area contributed by atoms with E-state index in [9.17, 15) is 10.2 Å². The minimum Gasteiger partial charge on any atom is -0.494 e. The largest absolute Gasteiger partial charge is 0.494 e. The predicted octanol–water partition coefficient (Wildman–Crippen LogP) is 6.70. The second-order valence-corrected chi connectivity index (χ2v) is 15.2. The van der Waals surface area contributed by atoms with E-state index < -0.39 is 0 Å². The number of fused-ring (bicyclic) bond motifs is 4. The maximum Gasteiger partial charge on any atom is 0.200 e. The molecule has 0 spiro atoms. The Morgan fingerprint density at radius 3 is 1.68 bits per heavy atom. The molecule has 9 rings (SSSR count). The van der Waals surface area contributed by atoms with Crippen LogP contribution in [0.25, 0.3) is 66.9 Å². The predicted molar refractivity (Wildman–Crippen MR) is 213 cm³/mol. The molecule has 0 aliphatic carbocycles. The van der Waals surface area contributed by atoms with E-state index in [2.05, 4.69) is 63.8 Å². The van der Waals surface area contributed by atoms with E-state index in [4.69, 9.17) is 4.74 Å². The molecule has 2 aromatic carbocycles. The number of hydrogen-bond donors (Lipinski definition) is 6. The summed E-state index contributed by atoms with van der Waals surface area (Å²) in [6, 6.07) is 23.6. The number of para-hydroxylation sites is 2. The first-order chi connectivity index (χ1) is 25.9. The second kappa shape index (κ2) is 15.5. The standard InChI is InChI=1S/C20H21N5O2S.C18H19N5OS/c26-20-17(13-3-1-2-4-14(13)22-20)19-21-15-5-6-16(23-18(15)24-19)28-12-9-25-7-10-27-11-8-25;1-23(2)9-10-25-14-8-7-13-16(21-14)22-17(19-13)15-11-5-3-4-6-12(11)20-18(15)24/h1-6,22,26H,7-12H2,(H,21,23,24);3-8,20,24H,9-10H2,1-2H3,(H,19,21,22). The van der Waals surface area contributed by atoms with Crippen LogP contribution in [0.5, 0.6) is 11.8 Å². The molecule has 1 aliphatic heterocycles. The molecule has 0 unspecified atom stereocenters. The van der Waals surface area contributed by atoms with Crippen LogP contribution in [0.15, 0.2) is 82.8 Å². The maximum atomic E-state index is 10.4. The van der Waals surface area contributed by atoms with Crippen molar-refractivity contribution >= 4 is 67.7 Å². The van der Waals surface area contributed by atoms with Gasteiger partial charge >= 0.3 is 0 Å². The van der Waals surface area contributed by atoms with E-state index in [1.807, 2.05) is 72.8 Å². The number of pyridine rings is 2. The van der Waals surface area contributed by atoms with Gasteiger partial charge in [0.1, 0.15) is 11.6 Å². The number of thioether (sulfide) groups is 2. The summed E-state index contributed by atoms with van der Waals surface area (Å²) in [6.07, 6.45) is 0. The summed E-state index contributed by atoms with van der Waals surface area (Å²) in [4.78, 5) is 35.6. The molecule has 0 atom stereocenters. The molecule has 8 aromatic rings. The summed E-state index contributed by atoms with van der Waals surface area (Å²) in [7, 11) is 4.12. The van der Waals surface area contributed by atoms with E-state index in [-0.39, 0.29) is 11.8 Å². The van der Waals surface area contributed by atoms with Crippen LogP contribution in [0, 0.1) is 0 Å². The van der Waals surface area contributed by atoms with Gasteiger partial charge in [-0.2, -0.15) is 0 Å². The fourth-order valence-electron chi connectivity index (χ4n) is 6.32. The lowest BCUT2D eigenvalue weighted by atomic mass is 10.1. The van der Waals surface area contributed by atoms with Crippen LogP contribution >= 0.6 is 23.5 Å². The van der Waals surface area contributed by atoms with Gasteiger partial charge < -0.3 is 39.8 Å². The van der Waals surface area contributed by atoms with Gasteiger partial charge in [-0.1, -0.05) is 36.4 Å². The Balaban J connectivity index is 0.000000152. The van der Waals surface area contributed by atoms with E-state index >= 15 is 0 Å². The maximum absolute atomic E-state index is 10.4. The molecule has 272 valence electrons. The smallest absolute Gasteiger partial charge is 0.200 e. The summed E-state index contributed by atoms with van der Waals surface area (Å²) in [6.45, 7) is 5.69. The summed E-state index contributed by atoms with van der Waals surface area (Å²) in [5.41, 5.74) is 6.15. The molecule has 1 aliphatic rings. The molecule has 0 bridgehead atoms. The van der Waals surface area contributed by atoms with Crippen molar-refractivity contribution in [2.75, 3.05) is 65.0 Å². The number of benzene rings is 2. The topological polar surface area (TPSA) is 171 Å². The van der Waals surface area contributed by atoms with Gasteiger partial charge in [-0.3, -0.25) is 4.90 Å². The number of imidazole rings is 2. The molecule has 7 heterocycles. The highest BCUT2D eigenvalue weighted by Crippen LogP contribution is 2.37. The molecule has 15 heteroatoms. The lowest BCUT2D eigenvalue weighted by Gasteiger charge is -2.26. The van der Waals surface area contributed by atoms with Gasteiger partial charge in [-0.15, -0.1) is 23.5 Å². The van der Waals surface area contributed by atoms with Gasteiger partial charge in [0, 0.05) is 59.5 Å². The van der Waals surface area contributed by atoms with Crippen molar-refractivity contribution in [3.63, 3.8) is 0 Å². The van der Waals surface area contributed by atoms with Crippen molar-refractivity contribution in [1.29, 1.82) is 0 Å². The third kappa shape index (κ3) is 7.70. The Bertz CT molecular complexity index is 2500. The fraction of sp³-hybridized carbons (Fsp3) is 0.263. The highest BCUT2D eigenvalue weighted by molar-refractivity contribution is 7.99. The van der Waals surface area contributed by atoms with Crippen molar-refractivity contribution in [3.8, 4) is 34.5 Å². The molecule has 13 nitrogen and oxygen atoms in total. The fourth-order valence-corrected chi connectivity index (χ4v) is 8.17. The van der Waals surface area contributed by atoms with Crippen LogP contribution in [0.4, 0.5) is 0 Å². The number of nitrogens with one attached hydrogen (secondary N) is 4. The van der Waals surface area contributed by atoms with Crippen LogP contribution in [0.1, 0.15) is 0 Å². The number of hydrogen-bond acceptors (Lipinski definition) is 11. The normalized spacial score (nSPS) is 13.8. The minimum absolute atomic E-state index is 0.111. The third-order valence-corrected chi connectivity index (χ3v) is 10.9. The first-order valence-electron chi connectivity index (χ1n) is 17.4. The average Bonchev–Trinajstić information content (AvgIpc) is 3.93. The zero-order valence-corrected chi connectivity index (χ0v) is 31.0. The molecule has 6 N–H and O–H groups in total. The van der Waals surface area contributed by atoms with Crippen molar-refractivity contribution in [2.24, 2.45) is 0 Å². The van der Waals surface area contributed by atoms with E-state index in [0.717, 1.165) is 93.8 Å². The molecule has 6 aromatic heterocycles. The highest BCUT2D eigenvalue weighted by Gasteiger charge is 2.19. The lowest BCUT2D eigenvalue weighted by Crippen LogP contribution is -2.37. The Kier molecular flexibility index (Phi) is 10.2. The molecule has 0 amide bonds. The molecular formula is C38H40N10O3S2. The Morgan fingerprint density at radius 1 is 0.642 bits per heavy atom. The Labute approximate surface area is 313 Å². The highest BCUT2D eigenvalue weighted by atomic mass is 32.2. The quantitative estimate of drug-likeness (QED) is 0.0823. The van der Waals surface area contributed by atoms with Gasteiger partial charge in [0.25, 0.3) is 0 Å². The molecule has 53 heavy (non-hydrogen) atoms. The van der Waals surface area contributed by atoms with E-state index in [0.29, 0.717) is 34.1 Å². The van der Waals surface area contributed by atoms with Gasteiger partial charge in [0.2, 0.25) is 11.8 Å². The van der Waals surface area contributed by atoms with Crippen LogP contribution in [0.2, 0.25) is 0 Å². The van der Waals surface area contributed by atoms with Crippen molar-refractivity contribution in [3.05, 3.63) is 72.8 Å². The molecule has 0 saturated carbocycles. The zero-order chi connectivity index (χ0) is 36.3. The lowest BCUT2D eigenvalue weighted by molar-refractivity contribution is 0.0410. The first-order valence-corrected chi connectivity index (χ1v) is 19.4. The average molecular weight is 749 g/mol. The van der Waals surface area contributed by atoms with Crippen molar-refractivity contribution in [2.45, 2.75) is 10.1 Å². The summed E-state index contributed by atoms with van der Waals surface area (Å²) >= 11 is 3.45. The number of rotatable bonds is 10. The van der Waals surface area contributed by atoms with Gasteiger partial charge in [0.15, 0.2) is 11.3 Å². The molecular weight excluding hydrogens is 709 g/mol. The number of nitrogens with zero attached hydrogens (tertiary/aromatic N) is 6. The summed E-state index contributed by atoms with van der Waals surface area (Å²) < 4.78 is 5.39. The van der Waals surface area contributed by atoms with Crippen LogP contribution in [-0.2, 0) is 4.74 Å². The number of ether oxygens (including phenoxy) is 1. The second-order valence-electron chi connectivity index (χ2n) is 13.0. The Morgan fingerprint density at radius 2 is 1.15 bits per heavy atom. The minimum atomic E-state index is 0.111. The van der Waals surface area contributed by atoms with Crippen LogP contribution in [0.3, 0.4) is 0 Å². The zero-order valence-electron chi connectivity index (χ0n) is 29.4. The van der Waals surface area contributed by atoms with Crippen LogP contribution < -0.4 is 0 Å². The molecule has 1 saturated heterocycles. The number of aromatic nitrogens is 8. The van der Waals surface area contributed by atoms with Gasteiger partial charge in [-0.05, 0) is 50.5 Å². The van der Waals surface area contributed by atoms with Gasteiger partial charge in [0.05, 0.1) is 45.4 Å². The monoisotopic (exact) mass is 748 g/mol. The first kappa shape index (κ1) is 35.0. The molecule has 0 radical (unpaired) electrons. The van der Waals surface area contributed by atoms with Gasteiger partial charge in [-0.25, -0.2) is 19.9 Å². The number of morpholine rings is 1. The van der Waals surface area contributed by atoms with Crippen molar-refractivity contribution < 1.29 is 14.9 Å². The van der Waals surface area contributed by atoms with Crippen LogP contribution in [-0.4, -0.2) is 125 Å².